The lowest BCUT2D eigenvalue weighted by atomic mass is 9.74. The fourth-order valence-corrected chi connectivity index (χ4v) is 3.60. The Hall–Kier alpha value is -3.02. The summed E-state index contributed by atoms with van der Waals surface area (Å²) in [6, 6.07) is 11.0. The number of rotatable bonds is 5. The predicted molar refractivity (Wildman–Crippen MR) is 101 cm³/mol. The van der Waals surface area contributed by atoms with Crippen LogP contribution in [-0.4, -0.2) is 46.6 Å². The maximum Gasteiger partial charge on any atom is 0.241 e. The lowest BCUT2D eigenvalue weighted by Crippen LogP contribution is -2.42. The Morgan fingerprint density at radius 2 is 1.81 bits per heavy atom. The van der Waals surface area contributed by atoms with E-state index in [9.17, 15) is 14.4 Å². The molecule has 6 heteroatoms. The largest absolute Gasteiger partial charge is 0.349 e. The van der Waals surface area contributed by atoms with Gasteiger partial charge in [0.25, 0.3) is 0 Å². The Balaban J connectivity index is 2.03. The summed E-state index contributed by atoms with van der Waals surface area (Å²) in [7, 11) is 3.31. The number of pyridine rings is 1. The van der Waals surface area contributed by atoms with Gasteiger partial charge in [0.2, 0.25) is 17.7 Å². The number of nitrogens with zero attached hydrogens (tertiary/aromatic N) is 3. The van der Waals surface area contributed by atoms with Crippen molar-refractivity contribution in [2.75, 3.05) is 14.1 Å². The maximum atomic E-state index is 13.5. The van der Waals surface area contributed by atoms with Crippen LogP contribution in [0.5, 0.6) is 0 Å². The minimum absolute atomic E-state index is 0.00134. The monoisotopic (exact) mass is 365 g/mol. The Bertz CT molecular complexity index is 879. The van der Waals surface area contributed by atoms with Crippen LogP contribution in [0.15, 0.2) is 48.8 Å². The molecular formula is C21H23N3O3. The molecule has 0 radical (unpaired) electrons. The van der Waals surface area contributed by atoms with E-state index in [0.717, 1.165) is 16.7 Å². The van der Waals surface area contributed by atoms with Gasteiger partial charge in [-0.3, -0.25) is 24.3 Å². The molecule has 2 aromatic rings. The van der Waals surface area contributed by atoms with Crippen molar-refractivity contribution < 1.29 is 14.4 Å². The maximum absolute atomic E-state index is 13.5. The summed E-state index contributed by atoms with van der Waals surface area (Å²) in [5.74, 6) is -0.745. The van der Waals surface area contributed by atoms with Gasteiger partial charge in [-0.25, -0.2) is 0 Å². The molecule has 2 heterocycles. The molecule has 1 aliphatic rings. The van der Waals surface area contributed by atoms with Crippen LogP contribution >= 0.6 is 0 Å². The Labute approximate surface area is 158 Å². The van der Waals surface area contributed by atoms with Gasteiger partial charge < -0.3 is 4.90 Å². The number of hydrogen-bond donors (Lipinski definition) is 0. The molecule has 3 rings (SSSR count). The number of carbonyl (C=O) groups excluding carboxylic acids is 3. The van der Waals surface area contributed by atoms with E-state index in [1.165, 1.54) is 9.80 Å². The molecule has 0 aliphatic carbocycles. The Morgan fingerprint density at radius 1 is 1.15 bits per heavy atom. The number of hydrogen-bond acceptors (Lipinski definition) is 4. The van der Waals surface area contributed by atoms with Crippen LogP contribution in [-0.2, 0) is 26.3 Å². The zero-order valence-corrected chi connectivity index (χ0v) is 15.8. The lowest BCUT2D eigenvalue weighted by molar-refractivity contribution is -0.142. The van der Waals surface area contributed by atoms with Crippen LogP contribution in [0.3, 0.4) is 0 Å². The van der Waals surface area contributed by atoms with E-state index in [2.05, 4.69) is 4.98 Å². The van der Waals surface area contributed by atoms with Crippen molar-refractivity contribution in [3.63, 3.8) is 0 Å². The van der Waals surface area contributed by atoms with Crippen LogP contribution in [0.2, 0.25) is 0 Å². The molecule has 1 unspecified atom stereocenters. The van der Waals surface area contributed by atoms with E-state index >= 15 is 0 Å². The molecule has 3 amide bonds. The molecule has 1 aromatic heterocycles. The first kappa shape index (κ1) is 18.8. The van der Waals surface area contributed by atoms with E-state index in [1.54, 1.807) is 38.6 Å². The third kappa shape index (κ3) is 3.47. The molecule has 1 saturated heterocycles. The second-order valence-electron chi connectivity index (χ2n) is 7.18. The first-order chi connectivity index (χ1) is 12.8. The van der Waals surface area contributed by atoms with Crippen molar-refractivity contribution in [3.05, 3.63) is 65.5 Å². The minimum Gasteiger partial charge on any atom is -0.349 e. The van der Waals surface area contributed by atoms with E-state index in [4.69, 9.17) is 0 Å². The molecule has 6 nitrogen and oxygen atoms in total. The van der Waals surface area contributed by atoms with Gasteiger partial charge in [0.1, 0.15) is 0 Å². The second kappa shape index (κ2) is 7.31. The minimum atomic E-state index is -1.16. The third-order valence-corrected chi connectivity index (χ3v) is 5.11. The summed E-state index contributed by atoms with van der Waals surface area (Å²) in [5, 5.41) is 0. The van der Waals surface area contributed by atoms with Crippen molar-refractivity contribution in [1.29, 1.82) is 0 Å². The van der Waals surface area contributed by atoms with Gasteiger partial charge >= 0.3 is 0 Å². The molecule has 27 heavy (non-hydrogen) atoms. The SMILES string of the molecule is Cc1ccccc1C1(CC(=O)N(C)C)CC(=O)N(Cc2ccncc2)C1=O. The van der Waals surface area contributed by atoms with Crippen molar-refractivity contribution in [2.45, 2.75) is 31.7 Å². The summed E-state index contributed by atoms with van der Waals surface area (Å²) in [4.78, 5) is 45.5. The van der Waals surface area contributed by atoms with Crippen LogP contribution in [0.1, 0.15) is 29.5 Å². The average molecular weight is 365 g/mol. The van der Waals surface area contributed by atoms with E-state index in [-0.39, 0.29) is 37.1 Å². The predicted octanol–water partition coefficient (Wildman–Crippen LogP) is 2.07. The number of carbonyl (C=O) groups is 3. The van der Waals surface area contributed by atoms with Crippen LogP contribution in [0, 0.1) is 6.92 Å². The first-order valence-corrected chi connectivity index (χ1v) is 8.85. The summed E-state index contributed by atoms with van der Waals surface area (Å²) < 4.78 is 0. The third-order valence-electron chi connectivity index (χ3n) is 5.11. The van der Waals surface area contributed by atoms with E-state index in [0.29, 0.717) is 0 Å². The quantitative estimate of drug-likeness (QED) is 0.761. The van der Waals surface area contributed by atoms with Crippen molar-refractivity contribution >= 4 is 17.7 Å². The number of benzene rings is 1. The van der Waals surface area contributed by atoms with Gasteiger partial charge in [-0.1, -0.05) is 24.3 Å². The Kier molecular flexibility index (Phi) is 5.08. The zero-order chi connectivity index (χ0) is 19.6. The molecular weight excluding hydrogens is 342 g/mol. The molecule has 0 bridgehead atoms. The molecule has 1 aromatic carbocycles. The number of amides is 3. The summed E-state index contributed by atoms with van der Waals surface area (Å²) in [6.07, 6.45) is 3.23. The smallest absolute Gasteiger partial charge is 0.241 e. The van der Waals surface area contributed by atoms with Gasteiger partial charge in [-0.15, -0.1) is 0 Å². The average Bonchev–Trinajstić information content (AvgIpc) is 2.88. The number of aryl methyl sites for hydroxylation is 1. The highest BCUT2D eigenvalue weighted by Gasteiger charge is 2.54. The van der Waals surface area contributed by atoms with Gasteiger partial charge in [-0.2, -0.15) is 0 Å². The summed E-state index contributed by atoms with van der Waals surface area (Å²) >= 11 is 0. The van der Waals surface area contributed by atoms with E-state index in [1.807, 2.05) is 31.2 Å². The highest BCUT2D eigenvalue weighted by atomic mass is 16.2. The highest BCUT2D eigenvalue weighted by Crippen LogP contribution is 2.42. The van der Waals surface area contributed by atoms with Crippen LogP contribution in [0.25, 0.3) is 0 Å². The molecule has 0 N–H and O–H groups in total. The van der Waals surface area contributed by atoms with Crippen LogP contribution in [0.4, 0.5) is 0 Å². The number of aromatic nitrogens is 1. The number of likely N-dealkylation sites (tertiary alicyclic amines) is 1. The lowest BCUT2D eigenvalue weighted by Gasteiger charge is -2.29. The van der Waals surface area contributed by atoms with Crippen molar-refractivity contribution in [3.8, 4) is 0 Å². The van der Waals surface area contributed by atoms with Gasteiger partial charge in [0.05, 0.1) is 12.0 Å². The standard InChI is InChI=1S/C21H23N3O3/c1-15-6-4-5-7-17(15)21(12-18(25)23(2)3)13-19(26)24(20(21)27)14-16-8-10-22-11-9-16/h4-11H,12-14H2,1-3H3. The summed E-state index contributed by atoms with van der Waals surface area (Å²) in [5.41, 5.74) is 1.31. The molecule has 140 valence electrons. The molecule has 1 fully saturated rings. The normalized spacial score (nSPS) is 19.4. The zero-order valence-electron chi connectivity index (χ0n) is 15.8. The fraction of sp³-hybridized carbons (Fsp3) is 0.333. The second-order valence-corrected chi connectivity index (χ2v) is 7.18. The van der Waals surface area contributed by atoms with E-state index < -0.39 is 5.41 Å². The summed E-state index contributed by atoms with van der Waals surface area (Å²) in [6.45, 7) is 2.09. The van der Waals surface area contributed by atoms with Gasteiger partial charge in [-0.05, 0) is 35.7 Å². The van der Waals surface area contributed by atoms with Crippen molar-refractivity contribution in [2.24, 2.45) is 0 Å². The van der Waals surface area contributed by atoms with Crippen molar-refractivity contribution in [1.82, 2.24) is 14.8 Å². The van der Waals surface area contributed by atoms with Crippen LogP contribution < -0.4 is 0 Å². The fourth-order valence-electron chi connectivity index (χ4n) is 3.60. The topological polar surface area (TPSA) is 70.6 Å². The molecule has 1 atom stereocenters. The Morgan fingerprint density at radius 3 is 2.44 bits per heavy atom. The highest BCUT2D eigenvalue weighted by molar-refractivity contribution is 6.10. The molecule has 0 saturated carbocycles. The first-order valence-electron chi connectivity index (χ1n) is 8.85. The molecule has 0 spiro atoms. The number of imide groups is 1. The van der Waals surface area contributed by atoms with Gasteiger partial charge in [0.15, 0.2) is 0 Å². The molecule has 1 aliphatic heterocycles. The van der Waals surface area contributed by atoms with Gasteiger partial charge in [0, 0.05) is 39.3 Å².